The number of hydrogen-bond acceptors (Lipinski definition) is 3. The molecule has 20 heavy (non-hydrogen) atoms. The van der Waals surface area contributed by atoms with Crippen LogP contribution >= 0.6 is 0 Å². The molecule has 0 atom stereocenters. The Morgan fingerprint density at radius 3 is 1.25 bits per heavy atom. The lowest BCUT2D eigenvalue weighted by Crippen LogP contribution is -2.31. The Morgan fingerprint density at radius 2 is 1.05 bits per heavy atom. The summed E-state index contributed by atoms with van der Waals surface area (Å²) in [7, 11) is 0. The first-order valence-corrected chi connectivity index (χ1v) is 7.12. The lowest BCUT2D eigenvalue weighted by atomic mass is 9.73. The van der Waals surface area contributed by atoms with Crippen LogP contribution in [0.3, 0.4) is 0 Å². The van der Waals surface area contributed by atoms with Gasteiger partial charge in [0.15, 0.2) is 0 Å². The molecule has 0 amide bonds. The van der Waals surface area contributed by atoms with E-state index in [4.69, 9.17) is 0 Å². The first-order valence-electron chi connectivity index (χ1n) is 7.12. The van der Waals surface area contributed by atoms with Gasteiger partial charge in [-0.05, 0) is 5.41 Å². The van der Waals surface area contributed by atoms with Gasteiger partial charge in [-0.2, -0.15) is 5.26 Å². The fraction of sp³-hybridized carbons (Fsp3) is 0.706. The van der Waals surface area contributed by atoms with Crippen LogP contribution in [0.4, 0.5) is 0 Å². The maximum Gasteiger partial charge on any atom is 0.232 e. The molecule has 0 N–H and O–H groups in total. The number of aromatic nitrogens is 2. The minimum Gasteiger partial charge on any atom is -0.223 e. The van der Waals surface area contributed by atoms with Crippen molar-refractivity contribution in [3.8, 4) is 6.07 Å². The fourth-order valence-corrected chi connectivity index (χ4v) is 2.31. The van der Waals surface area contributed by atoms with E-state index >= 15 is 0 Å². The molecule has 110 valence electrons. The predicted molar refractivity (Wildman–Crippen MR) is 82.8 cm³/mol. The predicted octanol–water partition coefficient (Wildman–Crippen LogP) is 4.24. The summed E-state index contributed by atoms with van der Waals surface area (Å²) < 4.78 is 0. The van der Waals surface area contributed by atoms with Gasteiger partial charge < -0.3 is 0 Å². The summed E-state index contributed by atoms with van der Waals surface area (Å²) in [5, 5.41) is 9.24. The monoisotopic (exact) mass is 273 g/mol. The highest BCUT2D eigenvalue weighted by Gasteiger charge is 2.34. The van der Waals surface area contributed by atoms with E-state index in [9.17, 15) is 5.26 Å². The second-order valence-corrected chi connectivity index (χ2v) is 8.48. The zero-order valence-electron chi connectivity index (χ0n) is 14.3. The molecule has 0 fully saturated rings. The second kappa shape index (κ2) is 4.84. The molecule has 0 radical (unpaired) electrons. The molecule has 3 nitrogen and oxygen atoms in total. The van der Waals surface area contributed by atoms with Crippen molar-refractivity contribution in [2.75, 3.05) is 0 Å². The summed E-state index contributed by atoms with van der Waals surface area (Å²) in [6.07, 6.45) is 0. The van der Waals surface area contributed by atoms with Crippen LogP contribution < -0.4 is 0 Å². The Balaban J connectivity index is 3.89. The summed E-state index contributed by atoms with van der Waals surface area (Å²) in [5.74, 6) is 0.271. The lowest BCUT2D eigenvalue weighted by molar-refractivity contribution is 0.471. The molecular formula is C17H27N3. The highest BCUT2D eigenvalue weighted by atomic mass is 14.9. The highest BCUT2D eigenvalue weighted by Crippen LogP contribution is 2.38. The van der Waals surface area contributed by atoms with E-state index in [1.807, 2.05) is 0 Å². The van der Waals surface area contributed by atoms with Crippen molar-refractivity contribution in [3.05, 3.63) is 22.8 Å². The number of rotatable bonds is 0. The van der Waals surface area contributed by atoms with Crippen LogP contribution in [-0.2, 0) is 16.2 Å². The highest BCUT2D eigenvalue weighted by molar-refractivity contribution is 5.41. The third-order valence-electron chi connectivity index (χ3n) is 3.18. The standard InChI is InChI=1S/C17H27N3/c1-15(2,3)12-13(16(4,5)6)19-11(10-18)20-14(12)17(7,8)9/h1-9H3. The SMILES string of the molecule is CC(C)(C)c1nc(C#N)nc(C(C)(C)C)c1C(C)(C)C. The van der Waals surface area contributed by atoms with E-state index in [2.05, 4.69) is 78.4 Å². The summed E-state index contributed by atoms with van der Waals surface area (Å²) in [4.78, 5) is 9.06. The van der Waals surface area contributed by atoms with Gasteiger partial charge in [0.25, 0.3) is 0 Å². The topological polar surface area (TPSA) is 49.6 Å². The second-order valence-electron chi connectivity index (χ2n) is 8.48. The van der Waals surface area contributed by atoms with Crippen molar-refractivity contribution in [2.45, 2.75) is 78.6 Å². The van der Waals surface area contributed by atoms with Crippen LogP contribution in [0, 0.1) is 11.3 Å². The van der Waals surface area contributed by atoms with Gasteiger partial charge in [0.05, 0.1) is 11.4 Å². The Morgan fingerprint density at radius 1 is 0.700 bits per heavy atom. The molecule has 0 unspecified atom stereocenters. The molecule has 0 aromatic carbocycles. The lowest BCUT2D eigenvalue weighted by Gasteiger charge is -2.34. The van der Waals surface area contributed by atoms with Gasteiger partial charge in [-0.1, -0.05) is 62.3 Å². The zero-order chi connectivity index (χ0) is 15.9. The molecule has 1 heterocycles. The summed E-state index contributed by atoms with van der Waals surface area (Å²) in [6, 6.07) is 2.11. The van der Waals surface area contributed by atoms with Crippen LogP contribution in [0.5, 0.6) is 0 Å². The third kappa shape index (κ3) is 3.36. The molecular weight excluding hydrogens is 246 g/mol. The van der Waals surface area contributed by atoms with Crippen molar-refractivity contribution in [3.63, 3.8) is 0 Å². The first kappa shape index (κ1) is 16.6. The normalized spacial score (nSPS) is 13.2. The van der Waals surface area contributed by atoms with E-state index in [1.54, 1.807) is 0 Å². The van der Waals surface area contributed by atoms with E-state index in [0.29, 0.717) is 0 Å². The number of nitriles is 1. The van der Waals surface area contributed by atoms with Crippen LogP contribution in [0.15, 0.2) is 0 Å². The molecule has 3 heteroatoms. The molecule has 1 rings (SSSR count). The fourth-order valence-electron chi connectivity index (χ4n) is 2.31. The van der Waals surface area contributed by atoms with E-state index in [-0.39, 0.29) is 22.1 Å². The van der Waals surface area contributed by atoms with Crippen molar-refractivity contribution < 1.29 is 0 Å². The first-order chi connectivity index (χ1) is 8.78. The van der Waals surface area contributed by atoms with Gasteiger partial charge in [-0.25, -0.2) is 9.97 Å². The van der Waals surface area contributed by atoms with Crippen LogP contribution in [0.1, 0.15) is 85.1 Å². The van der Waals surface area contributed by atoms with Crippen molar-refractivity contribution in [1.82, 2.24) is 9.97 Å². The molecule has 1 aromatic rings. The number of hydrogen-bond donors (Lipinski definition) is 0. The molecule has 1 aromatic heterocycles. The van der Waals surface area contributed by atoms with E-state index < -0.39 is 0 Å². The van der Waals surface area contributed by atoms with Gasteiger partial charge in [0.2, 0.25) is 5.82 Å². The van der Waals surface area contributed by atoms with Crippen LogP contribution in [-0.4, -0.2) is 9.97 Å². The summed E-state index contributed by atoms with van der Waals surface area (Å²) >= 11 is 0. The van der Waals surface area contributed by atoms with Crippen molar-refractivity contribution >= 4 is 0 Å². The minimum atomic E-state index is -0.114. The smallest absolute Gasteiger partial charge is 0.223 e. The molecule has 0 saturated heterocycles. The quantitative estimate of drug-likeness (QED) is 0.710. The maximum absolute atomic E-state index is 9.24. The van der Waals surface area contributed by atoms with Gasteiger partial charge >= 0.3 is 0 Å². The van der Waals surface area contributed by atoms with E-state index in [0.717, 1.165) is 11.4 Å². The Bertz CT molecular complexity index is 509. The largest absolute Gasteiger partial charge is 0.232 e. The summed E-state index contributed by atoms with van der Waals surface area (Å²) in [5.41, 5.74) is 2.87. The number of nitrogens with zero attached hydrogens (tertiary/aromatic N) is 3. The third-order valence-corrected chi connectivity index (χ3v) is 3.18. The minimum absolute atomic E-state index is 0.0563. The Hall–Kier alpha value is -1.43. The Labute approximate surface area is 123 Å². The van der Waals surface area contributed by atoms with Crippen LogP contribution in [0.25, 0.3) is 0 Å². The molecule has 0 aliphatic heterocycles. The average Bonchev–Trinajstić information content (AvgIpc) is 2.23. The maximum atomic E-state index is 9.24. The molecule has 0 aliphatic carbocycles. The molecule has 0 spiro atoms. The van der Waals surface area contributed by atoms with Crippen LogP contribution in [0.2, 0.25) is 0 Å². The van der Waals surface area contributed by atoms with Gasteiger partial charge in [-0.3, -0.25) is 0 Å². The van der Waals surface area contributed by atoms with Gasteiger partial charge in [-0.15, -0.1) is 0 Å². The molecule has 0 bridgehead atoms. The molecule has 0 saturated carbocycles. The van der Waals surface area contributed by atoms with Crippen molar-refractivity contribution in [2.24, 2.45) is 0 Å². The zero-order valence-corrected chi connectivity index (χ0v) is 14.3. The Kier molecular flexibility index (Phi) is 4.02. The van der Waals surface area contributed by atoms with E-state index in [1.165, 1.54) is 5.56 Å². The van der Waals surface area contributed by atoms with Crippen molar-refractivity contribution in [1.29, 1.82) is 5.26 Å². The summed E-state index contributed by atoms with van der Waals surface area (Å²) in [6.45, 7) is 19.4. The average molecular weight is 273 g/mol. The molecule has 0 aliphatic rings. The van der Waals surface area contributed by atoms with Gasteiger partial charge in [0, 0.05) is 16.4 Å². The van der Waals surface area contributed by atoms with Gasteiger partial charge in [0.1, 0.15) is 6.07 Å².